The topological polar surface area (TPSA) is 80.3 Å². The van der Waals surface area contributed by atoms with Gasteiger partial charge in [0.1, 0.15) is 11.2 Å². The van der Waals surface area contributed by atoms with Gasteiger partial charge in [-0.3, -0.25) is 0 Å². The third-order valence-corrected chi connectivity index (χ3v) is 5.72. The third-order valence-electron chi connectivity index (χ3n) is 5.72. The Balaban J connectivity index is 1.26. The Labute approximate surface area is 145 Å². The van der Waals surface area contributed by atoms with Crippen molar-refractivity contribution in [3.8, 4) is 0 Å². The predicted octanol–water partition coefficient (Wildman–Crippen LogP) is 3.98. The lowest BCUT2D eigenvalue weighted by atomic mass is 9.52. The molecule has 25 heavy (non-hydrogen) atoms. The van der Waals surface area contributed by atoms with E-state index in [4.69, 9.17) is 10.2 Å². The number of benzene rings is 2. The van der Waals surface area contributed by atoms with Gasteiger partial charge in [-0.15, -0.1) is 0 Å². The van der Waals surface area contributed by atoms with Gasteiger partial charge in [0.05, 0.1) is 0 Å². The number of para-hydroxylation sites is 1. The average molecular weight is 335 g/mol. The van der Waals surface area contributed by atoms with E-state index < -0.39 is 0 Å². The van der Waals surface area contributed by atoms with E-state index in [1.807, 2.05) is 42.5 Å². The van der Waals surface area contributed by atoms with Crippen LogP contribution in [0.3, 0.4) is 0 Å². The van der Waals surface area contributed by atoms with Crippen LogP contribution in [0.2, 0.25) is 0 Å². The van der Waals surface area contributed by atoms with E-state index in [0.717, 1.165) is 53.3 Å². The van der Waals surface area contributed by atoms with Crippen LogP contribution in [0, 0.1) is 5.41 Å². The normalized spacial score (nSPS) is 27.9. The number of furan rings is 1. The van der Waals surface area contributed by atoms with Crippen molar-refractivity contribution >= 4 is 33.7 Å². The van der Waals surface area contributed by atoms with Crippen molar-refractivity contribution in [3.63, 3.8) is 0 Å². The summed E-state index contributed by atoms with van der Waals surface area (Å²) >= 11 is 0. The number of urea groups is 1. The van der Waals surface area contributed by atoms with E-state index in [2.05, 4.69) is 10.6 Å². The van der Waals surface area contributed by atoms with Crippen molar-refractivity contribution in [1.29, 1.82) is 0 Å². The second-order valence-corrected chi connectivity index (χ2v) is 7.68. The molecule has 2 aromatic carbocycles. The molecule has 1 spiro atoms. The molecule has 0 atom stereocenters. The Kier molecular flexibility index (Phi) is 3.09. The molecule has 5 nitrogen and oxygen atoms in total. The van der Waals surface area contributed by atoms with E-state index >= 15 is 0 Å². The van der Waals surface area contributed by atoms with E-state index in [1.165, 1.54) is 0 Å². The second kappa shape index (κ2) is 5.23. The molecule has 2 aliphatic rings. The van der Waals surface area contributed by atoms with Gasteiger partial charge in [0.2, 0.25) is 0 Å². The van der Waals surface area contributed by atoms with E-state index in [9.17, 15) is 4.79 Å². The molecule has 0 unspecified atom stereocenters. The molecule has 2 aliphatic carbocycles. The summed E-state index contributed by atoms with van der Waals surface area (Å²) in [6.07, 6.45) is 4.32. The molecule has 1 aromatic heterocycles. The molecular weight excluding hydrogens is 314 g/mol. The first-order valence-electron chi connectivity index (χ1n) is 8.85. The lowest BCUT2D eigenvalue weighted by molar-refractivity contribution is -0.0134. The molecule has 3 aromatic rings. The lowest BCUT2D eigenvalue weighted by Crippen LogP contribution is -2.60. The number of carbonyl (C=O) groups is 1. The highest BCUT2D eigenvalue weighted by Gasteiger charge is 2.52. The van der Waals surface area contributed by atoms with Crippen molar-refractivity contribution in [3.05, 3.63) is 42.5 Å². The maximum atomic E-state index is 12.2. The number of nitrogens with one attached hydrogen (secondary N) is 2. The first-order chi connectivity index (χ1) is 12.1. The fourth-order valence-electron chi connectivity index (χ4n) is 4.63. The highest BCUT2D eigenvalue weighted by atomic mass is 16.3. The monoisotopic (exact) mass is 335 g/mol. The first kappa shape index (κ1) is 14.8. The average Bonchev–Trinajstić information content (AvgIpc) is 2.89. The number of carbonyl (C=O) groups excluding carboxylic acids is 1. The molecule has 2 saturated carbocycles. The maximum Gasteiger partial charge on any atom is 0.319 e. The third kappa shape index (κ3) is 2.46. The summed E-state index contributed by atoms with van der Waals surface area (Å²) in [4.78, 5) is 12.2. The van der Waals surface area contributed by atoms with Crippen LogP contribution in [-0.4, -0.2) is 18.1 Å². The van der Waals surface area contributed by atoms with Gasteiger partial charge < -0.3 is 20.8 Å². The smallest absolute Gasteiger partial charge is 0.319 e. The summed E-state index contributed by atoms with van der Waals surface area (Å²) in [6, 6.07) is 14.2. The van der Waals surface area contributed by atoms with Gasteiger partial charge in [-0.05, 0) is 49.3 Å². The first-order valence-corrected chi connectivity index (χ1v) is 8.85. The minimum atomic E-state index is -0.154. The summed E-state index contributed by atoms with van der Waals surface area (Å²) in [5.74, 6) is 0. The number of anilines is 1. The van der Waals surface area contributed by atoms with E-state index in [1.54, 1.807) is 0 Å². The van der Waals surface area contributed by atoms with Crippen LogP contribution in [0.4, 0.5) is 10.5 Å². The Morgan fingerprint density at radius 1 is 1.04 bits per heavy atom. The van der Waals surface area contributed by atoms with Gasteiger partial charge in [0, 0.05) is 34.6 Å². The Bertz CT molecular complexity index is 963. The molecule has 128 valence electrons. The lowest BCUT2D eigenvalue weighted by Gasteiger charge is -2.56. The fraction of sp³-hybridized carbons (Fsp3) is 0.350. The Morgan fingerprint density at radius 2 is 1.80 bits per heavy atom. The molecule has 2 amide bonds. The number of hydrogen-bond acceptors (Lipinski definition) is 3. The van der Waals surface area contributed by atoms with Gasteiger partial charge in [-0.1, -0.05) is 18.2 Å². The summed E-state index contributed by atoms with van der Waals surface area (Å²) in [5, 5.41) is 8.12. The second-order valence-electron chi connectivity index (χ2n) is 7.68. The van der Waals surface area contributed by atoms with Gasteiger partial charge in [-0.2, -0.15) is 0 Å². The number of hydrogen-bond donors (Lipinski definition) is 3. The Morgan fingerprint density at radius 3 is 2.60 bits per heavy atom. The zero-order chi connectivity index (χ0) is 17.0. The van der Waals surface area contributed by atoms with Crippen LogP contribution in [0.1, 0.15) is 25.7 Å². The minimum absolute atomic E-state index is 0.154. The van der Waals surface area contributed by atoms with Gasteiger partial charge >= 0.3 is 6.03 Å². The van der Waals surface area contributed by atoms with Crippen molar-refractivity contribution in [2.24, 2.45) is 11.1 Å². The zero-order valence-corrected chi connectivity index (χ0v) is 13.9. The maximum absolute atomic E-state index is 12.2. The molecule has 0 bridgehead atoms. The van der Waals surface area contributed by atoms with Crippen LogP contribution in [-0.2, 0) is 0 Å². The molecule has 4 N–H and O–H groups in total. The molecule has 2 fully saturated rings. The highest BCUT2D eigenvalue weighted by molar-refractivity contribution is 6.06. The van der Waals surface area contributed by atoms with Crippen LogP contribution in [0.15, 0.2) is 46.9 Å². The van der Waals surface area contributed by atoms with Crippen molar-refractivity contribution in [2.75, 3.05) is 5.32 Å². The number of rotatable bonds is 2. The van der Waals surface area contributed by atoms with Crippen LogP contribution in [0.5, 0.6) is 0 Å². The number of fused-ring (bicyclic) bond motifs is 3. The quantitative estimate of drug-likeness (QED) is 0.663. The van der Waals surface area contributed by atoms with Crippen molar-refractivity contribution < 1.29 is 9.21 Å². The van der Waals surface area contributed by atoms with Crippen molar-refractivity contribution in [2.45, 2.75) is 37.8 Å². The number of amides is 2. The number of nitrogens with two attached hydrogens (primary N) is 1. The van der Waals surface area contributed by atoms with Gasteiger partial charge in [-0.25, -0.2) is 4.79 Å². The summed E-state index contributed by atoms with van der Waals surface area (Å²) in [6.45, 7) is 0. The largest absolute Gasteiger partial charge is 0.456 e. The molecule has 5 heteroatoms. The van der Waals surface area contributed by atoms with Crippen molar-refractivity contribution in [1.82, 2.24) is 5.32 Å². The molecule has 5 rings (SSSR count). The van der Waals surface area contributed by atoms with Crippen LogP contribution in [0.25, 0.3) is 21.9 Å². The van der Waals surface area contributed by atoms with Crippen LogP contribution >= 0.6 is 0 Å². The zero-order valence-electron chi connectivity index (χ0n) is 13.9. The molecule has 0 aliphatic heterocycles. The van der Waals surface area contributed by atoms with E-state index in [-0.39, 0.29) is 12.1 Å². The summed E-state index contributed by atoms with van der Waals surface area (Å²) < 4.78 is 5.86. The summed E-state index contributed by atoms with van der Waals surface area (Å²) in [7, 11) is 0. The van der Waals surface area contributed by atoms with Gasteiger partial charge in [0.15, 0.2) is 0 Å². The molecule has 0 radical (unpaired) electrons. The molecule has 0 saturated heterocycles. The standard InChI is InChI=1S/C20H21N3O2/c21-12-8-20(9-12)10-14(11-20)23-19(24)22-13-5-6-16-15-3-1-2-4-17(15)25-18(16)7-13/h1-7,12,14H,8-11,21H2,(H2,22,23,24). The fourth-order valence-corrected chi connectivity index (χ4v) is 4.63. The van der Waals surface area contributed by atoms with Crippen LogP contribution < -0.4 is 16.4 Å². The van der Waals surface area contributed by atoms with Gasteiger partial charge in [0.25, 0.3) is 0 Å². The Hall–Kier alpha value is -2.53. The SMILES string of the molecule is NC1CC2(C1)CC(NC(=O)Nc1ccc3c(c1)oc1ccccc13)C2. The summed E-state index contributed by atoms with van der Waals surface area (Å²) in [5.41, 5.74) is 8.68. The molecule has 1 heterocycles. The minimum Gasteiger partial charge on any atom is -0.456 e. The highest BCUT2D eigenvalue weighted by Crippen LogP contribution is 2.55. The predicted molar refractivity (Wildman–Crippen MR) is 98.5 cm³/mol. The van der Waals surface area contributed by atoms with E-state index in [0.29, 0.717) is 11.5 Å². The molecular formula is C20H21N3O2.